The Balaban J connectivity index is 1.17. The van der Waals surface area contributed by atoms with Gasteiger partial charge in [0.15, 0.2) is 0 Å². The molecular weight excluding hydrogens is 340 g/mol. The van der Waals surface area contributed by atoms with Crippen LogP contribution in [0.25, 0.3) is 0 Å². The topological polar surface area (TPSA) is 82.3 Å². The SMILES string of the molecule is O=C1NC(CCCCCC2NC(=O)C3=C(C=CCC3)N2)NC2=C1CCC=C2. The molecule has 4 aliphatic rings. The molecule has 27 heavy (non-hydrogen) atoms. The molecule has 0 fully saturated rings. The van der Waals surface area contributed by atoms with Gasteiger partial charge in [0.2, 0.25) is 0 Å². The lowest BCUT2D eigenvalue weighted by Gasteiger charge is -2.31. The zero-order valence-corrected chi connectivity index (χ0v) is 15.6. The zero-order chi connectivity index (χ0) is 18.6. The van der Waals surface area contributed by atoms with Gasteiger partial charge in [-0.25, -0.2) is 0 Å². The van der Waals surface area contributed by atoms with Crippen LogP contribution in [0, 0.1) is 0 Å². The smallest absolute Gasteiger partial charge is 0.250 e. The molecule has 0 bridgehead atoms. The van der Waals surface area contributed by atoms with E-state index in [4.69, 9.17) is 0 Å². The first kappa shape index (κ1) is 17.9. The normalized spacial score (nSPS) is 26.7. The lowest BCUT2D eigenvalue weighted by atomic mass is 9.97. The van der Waals surface area contributed by atoms with Crippen molar-refractivity contribution in [3.8, 4) is 0 Å². The minimum atomic E-state index is 0.0200. The highest BCUT2D eigenvalue weighted by Crippen LogP contribution is 2.23. The second kappa shape index (κ2) is 8.03. The lowest BCUT2D eigenvalue weighted by Crippen LogP contribution is -2.50. The Hall–Kier alpha value is -2.50. The minimum absolute atomic E-state index is 0.0200. The van der Waals surface area contributed by atoms with E-state index in [1.165, 1.54) is 0 Å². The summed E-state index contributed by atoms with van der Waals surface area (Å²) in [5, 5.41) is 13.0. The van der Waals surface area contributed by atoms with Gasteiger partial charge in [-0.15, -0.1) is 0 Å². The Bertz CT molecular complexity index is 685. The molecule has 2 aliphatic carbocycles. The van der Waals surface area contributed by atoms with Crippen LogP contribution in [0.1, 0.15) is 57.8 Å². The van der Waals surface area contributed by atoms with E-state index in [-0.39, 0.29) is 24.1 Å². The predicted molar refractivity (Wildman–Crippen MR) is 104 cm³/mol. The van der Waals surface area contributed by atoms with Gasteiger partial charge in [0.05, 0.1) is 12.3 Å². The zero-order valence-electron chi connectivity index (χ0n) is 15.6. The largest absolute Gasteiger partial charge is 0.365 e. The van der Waals surface area contributed by atoms with E-state index in [0.717, 1.165) is 80.3 Å². The molecule has 4 rings (SSSR count). The van der Waals surface area contributed by atoms with Gasteiger partial charge in [-0.2, -0.15) is 0 Å². The van der Waals surface area contributed by atoms with Gasteiger partial charge in [-0.1, -0.05) is 18.6 Å². The van der Waals surface area contributed by atoms with Crippen molar-refractivity contribution >= 4 is 11.8 Å². The Labute approximate surface area is 160 Å². The molecule has 2 amide bonds. The standard InChI is InChI=1S/C21H28N4O2/c26-20-14-8-4-6-10-16(14)22-18(24-20)12-2-1-3-13-19-23-17-11-7-5-9-15(17)21(27)25-19/h6-7,10-11,18-19,22-23H,1-5,8-9,12-13H2,(H,24,26)(H,25,27). The first-order valence-corrected chi connectivity index (χ1v) is 10.1. The summed E-state index contributed by atoms with van der Waals surface area (Å²) in [5.41, 5.74) is 3.76. The summed E-state index contributed by atoms with van der Waals surface area (Å²) in [6.45, 7) is 0. The summed E-state index contributed by atoms with van der Waals surface area (Å²) in [6.07, 6.45) is 16.9. The van der Waals surface area contributed by atoms with Crippen molar-refractivity contribution in [1.29, 1.82) is 0 Å². The van der Waals surface area contributed by atoms with E-state index >= 15 is 0 Å². The molecule has 0 aromatic carbocycles. The third-order valence-corrected chi connectivity index (χ3v) is 5.65. The van der Waals surface area contributed by atoms with Gasteiger partial charge in [-0.3, -0.25) is 9.59 Å². The maximum absolute atomic E-state index is 12.2. The van der Waals surface area contributed by atoms with Crippen LogP contribution in [0.2, 0.25) is 0 Å². The number of unbranched alkanes of at least 4 members (excludes halogenated alkanes) is 2. The van der Waals surface area contributed by atoms with E-state index in [0.29, 0.717) is 0 Å². The number of rotatable bonds is 6. The van der Waals surface area contributed by atoms with E-state index in [1.807, 2.05) is 12.2 Å². The lowest BCUT2D eigenvalue weighted by molar-refractivity contribution is -0.120. The number of allylic oxidation sites excluding steroid dienone is 4. The molecule has 0 spiro atoms. The van der Waals surface area contributed by atoms with Gasteiger partial charge in [0.25, 0.3) is 11.8 Å². The van der Waals surface area contributed by atoms with Gasteiger partial charge >= 0.3 is 0 Å². The summed E-state index contributed by atoms with van der Waals surface area (Å²) in [7, 11) is 0. The number of nitrogens with one attached hydrogen (secondary N) is 4. The first-order valence-electron chi connectivity index (χ1n) is 10.1. The molecule has 0 aromatic rings. The van der Waals surface area contributed by atoms with E-state index in [2.05, 4.69) is 33.4 Å². The van der Waals surface area contributed by atoms with E-state index < -0.39 is 0 Å². The molecule has 0 radical (unpaired) electrons. The van der Waals surface area contributed by atoms with Crippen LogP contribution in [0.5, 0.6) is 0 Å². The molecule has 6 heteroatoms. The molecule has 0 aromatic heterocycles. The van der Waals surface area contributed by atoms with Gasteiger partial charge in [0.1, 0.15) is 0 Å². The van der Waals surface area contributed by atoms with Gasteiger partial charge < -0.3 is 21.3 Å². The molecule has 2 heterocycles. The number of hydrogen-bond donors (Lipinski definition) is 4. The molecule has 0 saturated carbocycles. The highest BCUT2D eigenvalue weighted by atomic mass is 16.2. The van der Waals surface area contributed by atoms with Crippen molar-refractivity contribution in [1.82, 2.24) is 21.3 Å². The number of carbonyl (C=O) groups is 2. The molecule has 144 valence electrons. The van der Waals surface area contributed by atoms with Crippen molar-refractivity contribution in [2.75, 3.05) is 0 Å². The monoisotopic (exact) mass is 368 g/mol. The van der Waals surface area contributed by atoms with Crippen molar-refractivity contribution < 1.29 is 9.59 Å². The van der Waals surface area contributed by atoms with E-state index in [1.54, 1.807) is 0 Å². The summed E-state index contributed by atoms with van der Waals surface area (Å²) >= 11 is 0. The number of carbonyl (C=O) groups excluding carboxylic acids is 2. The Kier molecular flexibility index (Phi) is 5.32. The number of hydrogen-bond acceptors (Lipinski definition) is 4. The third kappa shape index (κ3) is 4.10. The summed E-state index contributed by atoms with van der Waals surface area (Å²) in [4.78, 5) is 24.4. The van der Waals surface area contributed by atoms with E-state index in [9.17, 15) is 9.59 Å². The second-order valence-corrected chi connectivity index (χ2v) is 7.65. The maximum atomic E-state index is 12.2. The Morgan fingerprint density at radius 2 is 1.19 bits per heavy atom. The molecule has 2 atom stereocenters. The average Bonchev–Trinajstić information content (AvgIpc) is 2.68. The summed E-state index contributed by atoms with van der Waals surface area (Å²) in [5.74, 6) is 0.161. The predicted octanol–water partition coefficient (Wildman–Crippen LogP) is 2.24. The highest BCUT2D eigenvalue weighted by molar-refractivity contribution is 5.96. The maximum Gasteiger partial charge on any atom is 0.250 e. The molecule has 0 saturated heterocycles. The van der Waals surface area contributed by atoms with Crippen LogP contribution < -0.4 is 21.3 Å². The van der Waals surface area contributed by atoms with Crippen molar-refractivity contribution in [2.45, 2.75) is 70.1 Å². The van der Waals surface area contributed by atoms with Crippen molar-refractivity contribution in [3.05, 3.63) is 46.8 Å². The average molecular weight is 368 g/mol. The molecular formula is C21H28N4O2. The third-order valence-electron chi connectivity index (χ3n) is 5.65. The number of amides is 2. The van der Waals surface area contributed by atoms with Crippen LogP contribution in [0.15, 0.2) is 46.8 Å². The van der Waals surface area contributed by atoms with Gasteiger partial charge in [-0.05, 0) is 63.5 Å². The Morgan fingerprint density at radius 1 is 0.704 bits per heavy atom. The quantitative estimate of drug-likeness (QED) is 0.542. The van der Waals surface area contributed by atoms with Crippen molar-refractivity contribution in [2.24, 2.45) is 0 Å². The fraction of sp³-hybridized carbons (Fsp3) is 0.524. The fourth-order valence-electron chi connectivity index (χ4n) is 4.17. The highest BCUT2D eigenvalue weighted by Gasteiger charge is 2.27. The summed E-state index contributed by atoms with van der Waals surface area (Å²) < 4.78 is 0. The Morgan fingerprint density at radius 3 is 1.67 bits per heavy atom. The fourth-order valence-corrected chi connectivity index (χ4v) is 4.17. The van der Waals surface area contributed by atoms with Crippen LogP contribution in [0.4, 0.5) is 0 Å². The molecule has 2 aliphatic heterocycles. The van der Waals surface area contributed by atoms with Gasteiger partial charge in [0, 0.05) is 22.5 Å². The minimum Gasteiger partial charge on any atom is -0.365 e. The van der Waals surface area contributed by atoms with Crippen LogP contribution in [-0.4, -0.2) is 24.1 Å². The molecule has 2 unspecified atom stereocenters. The summed E-state index contributed by atoms with van der Waals surface area (Å²) in [6, 6.07) is 0. The van der Waals surface area contributed by atoms with Crippen molar-refractivity contribution in [3.63, 3.8) is 0 Å². The molecule has 4 N–H and O–H groups in total. The molecule has 6 nitrogen and oxygen atoms in total. The van der Waals surface area contributed by atoms with Crippen LogP contribution >= 0.6 is 0 Å². The van der Waals surface area contributed by atoms with Crippen LogP contribution in [-0.2, 0) is 9.59 Å². The van der Waals surface area contributed by atoms with Crippen LogP contribution in [0.3, 0.4) is 0 Å². The first-order chi connectivity index (χ1) is 13.2. The second-order valence-electron chi connectivity index (χ2n) is 7.65.